The number of anilines is 1. The molecule has 0 N–H and O–H groups in total. The molecule has 0 radical (unpaired) electrons. The van der Waals surface area contributed by atoms with Gasteiger partial charge >= 0.3 is 0 Å². The van der Waals surface area contributed by atoms with Crippen LogP contribution >= 0.6 is 0 Å². The standard InChI is InChI=1S/C17H20N2O3/c1-18(2)17(21)15-11-19(16(20)12-7-3-4-8-12)13-9-5-6-10-14(13)22-15/h5-7,9-10,15H,3-4,8,11H2,1-2H3/t15-/m0/s1. The first-order chi connectivity index (χ1) is 10.6. The summed E-state index contributed by atoms with van der Waals surface area (Å²) in [6.07, 6.45) is 4.13. The summed E-state index contributed by atoms with van der Waals surface area (Å²) in [6, 6.07) is 7.38. The molecule has 1 atom stereocenters. The lowest BCUT2D eigenvalue weighted by atomic mass is 10.1. The van der Waals surface area contributed by atoms with Gasteiger partial charge in [0.2, 0.25) is 0 Å². The average molecular weight is 300 g/mol. The molecular formula is C17H20N2O3. The predicted octanol–water partition coefficient (Wildman–Crippen LogP) is 1.98. The Morgan fingerprint density at radius 3 is 2.73 bits per heavy atom. The minimum atomic E-state index is -0.657. The van der Waals surface area contributed by atoms with Crippen molar-refractivity contribution in [2.45, 2.75) is 25.4 Å². The first kappa shape index (κ1) is 14.6. The molecule has 1 aromatic carbocycles. The zero-order valence-electron chi connectivity index (χ0n) is 12.9. The second-order valence-electron chi connectivity index (χ2n) is 5.84. The second kappa shape index (κ2) is 5.83. The summed E-state index contributed by atoms with van der Waals surface area (Å²) in [5.74, 6) is 0.443. The van der Waals surface area contributed by atoms with Gasteiger partial charge in [0, 0.05) is 19.7 Å². The molecule has 0 fully saturated rings. The highest BCUT2D eigenvalue weighted by atomic mass is 16.5. The molecule has 0 saturated carbocycles. The fraction of sp³-hybridized carbons (Fsp3) is 0.412. The van der Waals surface area contributed by atoms with Crippen molar-refractivity contribution < 1.29 is 14.3 Å². The highest BCUT2D eigenvalue weighted by Crippen LogP contribution is 2.35. The van der Waals surface area contributed by atoms with Crippen molar-refractivity contribution in [2.24, 2.45) is 0 Å². The van der Waals surface area contributed by atoms with E-state index in [-0.39, 0.29) is 18.4 Å². The molecule has 1 aliphatic heterocycles. The lowest BCUT2D eigenvalue weighted by Gasteiger charge is -2.35. The van der Waals surface area contributed by atoms with Crippen LogP contribution in [0.1, 0.15) is 19.3 Å². The van der Waals surface area contributed by atoms with E-state index in [0.717, 1.165) is 30.5 Å². The van der Waals surface area contributed by atoms with E-state index in [2.05, 4.69) is 0 Å². The Morgan fingerprint density at radius 1 is 1.27 bits per heavy atom. The summed E-state index contributed by atoms with van der Waals surface area (Å²) in [6.45, 7) is 0.254. The van der Waals surface area contributed by atoms with Crippen molar-refractivity contribution in [3.63, 3.8) is 0 Å². The van der Waals surface area contributed by atoms with Crippen LogP contribution in [-0.4, -0.2) is 43.5 Å². The van der Waals surface area contributed by atoms with E-state index in [0.29, 0.717) is 5.75 Å². The van der Waals surface area contributed by atoms with E-state index in [1.165, 1.54) is 4.90 Å². The van der Waals surface area contributed by atoms with Crippen molar-refractivity contribution in [1.29, 1.82) is 0 Å². The normalized spacial score (nSPS) is 20.0. The van der Waals surface area contributed by atoms with Crippen molar-refractivity contribution >= 4 is 17.5 Å². The van der Waals surface area contributed by atoms with Gasteiger partial charge in [0.05, 0.1) is 12.2 Å². The van der Waals surface area contributed by atoms with Gasteiger partial charge in [-0.25, -0.2) is 0 Å². The lowest BCUT2D eigenvalue weighted by molar-refractivity contribution is -0.136. The smallest absolute Gasteiger partial charge is 0.265 e. The minimum Gasteiger partial charge on any atom is -0.476 e. The number of ether oxygens (including phenoxy) is 1. The van der Waals surface area contributed by atoms with Gasteiger partial charge in [-0.3, -0.25) is 9.59 Å². The van der Waals surface area contributed by atoms with E-state index >= 15 is 0 Å². The van der Waals surface area contributed by atoms with E-state index in [4.69, 9.17) is 4.74 Å². The van der Waals surface area contributed by atoms with Gasteiger partial charge in [0.25, 0.3) is 11.8 Å². The molecule has 5 nitrogen and oxygen atoms in total. The number of benzene rings is 1. The molecule has 5 heteroatoms. The molecule has 3 rings (SSSR count). The Labute approximate surface area is 130 Å². The van der Waals surface area contributed by atoms with Crippen LogP contribution in [0.25, 0.3) is 0 Å². The van der Waals surface area contributed by atoms with Crippen LogP contribution in [0.2, 0.25) is 0 Å². The zero-order chi connectivity index (χ0) is 15.7. The van der Waals surface area contributed by atoms with Crippen LogP contribution < -0.4 is 9.64 Å². The van der Waals surface area contributed by atoms with Crippen molar-refractivity contribution in [3.8, 4) is 5.75 Å². The molecular weight excluding hydrogens is 280 g/mol. The second-order valence-corrected chi connectivity index (χ2v) is 5.84. The number of carbonyl (C=O) groups is 2. The molecule has 1 heterocycles. The third-order valence-electron chi connectivity index (χ3n) is 4.05. The molecule has 0 aromatic heterocycles. The quantitative estimate of drug-likeness (QED) is 0.839. The number of amides is 2. The van der Waals surface area contributed by atoms with Crippen molar-refractivity contribution in [2.75, 3.05) is 25.5 Å². The fourth-order valence-electron chi connectivity index (χ4n) is 2.88. The molecule has 22 heavy (non-hydrogen) atoms. The van der Waals surface area contributed by atoms with E-state index in [1.54, 1.807) is 25.1 Å². The van der Waals surface area contributed by atoms with Gasteiger partial charge in [-0.2, -0.15) is 0 Å². The summed E-state index contributed by atoms with van der Waals surface area (Å²) in [5, 5.41) is 0. The van der Waals surface area contributed by atoms with Gasteiger partial charge in [-0.05, 0) is 31.4 Å². The van der Waals surface area contributed by atoms with Crippen LogP contribution in [0.4, 0.5) is 5.69 Å². The van der Waals surface area contributed by atoms with Gasteiger partial charge in [0.1, 0.15) is 5.75 Å². The Bertz CT molecular complexity index is 637. The number of fused-ring (bicyclic) bond motifs is 1. The van der Waals surface area contributed by atoms with E-state index < -0.39 is 6.10 Å². The van der Waals surface area contributed by atoms with E-state index in [9.17, 15) is 9.59 Å². The number of hydrogen-bond acceptors (Lipinski definition) is 3. The number of hydrogen-bond donors (Lipinski definition) is 0. The largest absolute Gasteiger partial charge is 0.476 e. The van der Waals surface area contributed by atoms with E-state index in [1.807, 2.05) is 24.3 Å². The maximum Gasteiger partial charge on any atom is 0.265 e. The number of allylic oxidation sites excluding steroid dienone is 1. The molecule has 0 saturated heterocycles. The van der Waals surface area contributed by atoms with Crippen molar-refractivity contribution in [3.05, 3.63) is 35.9 Å². The van der Waals surface area contributed by atoms with Gasteiger partial charge < -0.3 is 14.5 Å². The summed E-state index contributed by atoms with van der Waals surface area (Å²) < 4.78 is 5.79. The van der Waals surface area contributed by atoms with Crippen LogP contribution in [0.5, 0.6) is 5.75 Å². The molecule has 0 spiro atoms. The monoisotopic (exact) mass is 300 g/mol. The fourth-order valence-corrected chi connectivity index (χ4v) is 2.88. The first-order valence-corrected chi connectivity index (χ1v) is 7.55. The highest BCUT2D eigenvalue weighted by molar-refractivity contribution is 6.07. The number of nitrogens with zero attached hydrogens (tertiary/aromatic N) is 2. The third kappa shape index (κ3) is 2.58. The highest BCUT2D eigenvalue weighted by Gasteiger charge is 2.35. The van der Waals surface area contributed by atoms with Gasteiger partial charge in [0.15, 0.2) is 6.10 Å². The molecule has 0 bridgehead atoms. The summed E-state index contributed by atoms with van der Waals surface area (Å²) in [5.41, 5.74) is 1.58. The van der Waals surface area contributed by atoms with Crippen LogP contribution in [0.3, 0.4) is 0 Å². The Morgan fingerprint density at radius 2 is 2.05 bits per heavy atom. The zero-order valence-corrected chi connectivity index (χ0v) is 12.9. The minimum absolute atomic E-state index is 0.00944. The molecule has 1 aliphatic carbocycles. The van der Waals surface area contributed by atoms with Gasteiger partial charge in [-0.15, -0.1) is 0 Å². The number of rotatable bonds is 2. The number of carbonyl (C=O) groups excluding carboxylic acids is 2. The molecule has 116 valence electrons. The number of likely N-dealkylation sites (N-methyl/N-ethyl adjacent to an activating group) is 1. The summed E-state index contributed by atoms with van der Waals surface area (Å²) >= 11 is 0. The SMILES string of the molecule is CN(C)C(=O)[C@@H]1CN(C(=O)C2=CCCC2)c2ccccc2O1. The van der Waals surface area contributed by atoms with Crippen molar-refractivity contribution in [1.82, 2.24) is 4.90 Å². The maximum absolute atomic E-state index is 12.8. The maximum atomic E-state index is 12.8. The molecule has 2 amide bonds. The Hall–Kier alpha value is -2.30. The number of para-hydroxylation sites is 2. The van der Waals surface area contributed by atoms with Crippen LogP contribution in [0, 0.1) is 0 Å². The van der Waals surface area contributed by atoms with Gasteiger partial charge in [-0.1, -0.05) is 18.2 Å². The topological polar surface area (TPSA) is 49.9 Å². The van der Waals surface area contributed by atoms with Crippen LogP contribution in [-0.2, 0) is 9.59 Å². The third-order valence-corrected chi connectivity index (χ3v) is 4.05. The first-order valence-electron chi connectivity index (χ1n) is 7.55. The summed E-state index contributed by atoms with van der Waals surface area (Å²) in [4.78, 5) is 28.2. The molecule has 0 unspecified atom stereocenters. The molecule has 2 aliphatic rings. The molecule has 1 aromatic rings. The average Bonchev–Trinajstić information content (AvgIpc) is 3.06. The van der Waals surface area contributed by atoms with Crippen LogP contribution in [0.15, 0.2) is 35.9 Å². The summed E-state index contributed by atoms with van der Waals surface area (Å²) in [7, 11) is 3.38. The Kier molecular flexibility index (Phi) is 3.88. The lowest BCUT2D eigenvalue weighted by Crippen LogP contribution is -2.50. The predicted molar refractivity (Wildman–Crippen MR) is 83.8 cm³/mol. The Balaban J connectivity index is 1.93.